The van der Waals surface area contributed by atoms with Crippen molar-refractivity contribution in [2.75, 3.05) is 7.05 Å². The number of amides is 1. The first-order valence-electron chi connectivity index (χ1n) is 6.14. The second-order valence-electron chi connectivity index (χ2n) is 4.60. The van der Waals surface area contributed by atoms with Gasteiger partial charge in [-0.2, -0.15) is 0 Å². The van der Waals surface area contributed by atoms with Gasteiger partial charge in [-0.3, -0.25) is 9.78 Å². The molecule has 104 valence electrons. The molecule has 5 heteroatoms. The second kappa shape index (κ2) is 5.69. The number of phenols is 1. The third-order valence-electron chi connectivity index (χ3n) is 2.87. The number of hydrogen-bond donors (Lipinski definition) is 1. The van der Waals surface area contributed by atoms with Crippen LogP contribution in [-0.2, 0) is 6.54 Å². The third-order valence-corrected chi connectivity index (χ3v) is 2.87. The van der Waals surface area contributed by atoms with Crippen LogP contribution in [0.2, 0.25) is 0 Å². The van der Waals surface area contributed by atoms with Gasteiger partial charge in [-0.25, -0.2) is 4.39 Å². The molecule has 0 aliphatic rings. The number of rotatable bonds is 3. The Morgan fingerprint density at radius 2 is 2.10 bits per heavy atom. The van der Waals surface area contributed by atoms with Gasteiger partial charge in [-0.15, -0.1) is 0 Å². The van der Waals surface area contributed by atoms with Crippen molar-refractivity contribution < 1.29 is 14.3 Å². The van der Waals surface area contributed by atoms with Crippen molar-refractivity contribution >= 4 is 5.91 Å². The largest absolute Gasteiger partial charge is 0.508 e. The Bertz CT molecular complexity index is 644. The fourth-order valence-electron chi connectivity index (χ4n) is 1.89. The van der Waals surface area contributed by atoms with Crippen molar-refractivity contribution in [1.29, 1.82) is 0 Å². The summed E-state index contributed by atoms with van der Waals surface area (Å²) in [5.41, 5.74) is 1.53. The molecule has 2 rings (SSSR count). The summed E-state index contributed by atoms with van der Waals surface area (Å²) < 4.78 is 13.6. The van der Waals surface area contributed by atoms with Crippen LogP contribution in [0, 0.1) is 12.7 Å². The van der Waals surface area contributed by atoms with E-state index in [1.165, 1.54) is 17.0 Å². The number of aromatic nitrogens is 1. The number of halogens is 1. The van der Waals surface area contributed by atoms with Gasteiger partial charge in [0.2, 0.25) is 0 Å². The number of benzene rings is 1. The fourth-order valence-corrected chi connectivity index (χ4v) is 1.89. The van der Waals surface area contributed by atoms with E-state index in [9.17, 15) is 9.18 Å². The molecule has 20 heavy (non-hydrogen) atoms. The first-order chi connectivity index (χ1) is 9.47. The van der Waals surface area contributed by atoms with E-state index in [1.807, 2.05) is 25.1 Å². The van der Waals surface area contributed by atoms with E-state index >= 15 is 0 Å². The molecule has 1 amide bonds. The number of pyridine rings is 1. The molecule has 4 nitrogen and oxygen atoms in total. The van der Waals surface area contributed by atoms with Crippen LogP contribution in [0.4, 0.5) is 4.39 Å². The van der Waals surface area contributed by atoms with E-state index in [4.69, 9.17) is 5.11 Å². The van der Waals surface area contributed by atoms with Gasteiger partial charge < -0.3 is 10.0 Å². The van der Waals surface area contributed by atoms with E-state index < -0.39 is 11.7 Å². The number of hydrogen-bond acceptors (Lipinski definition) is 3. The van der Waals surface area contributed by atoms with Gasteiger partial charge in [0.05, 0.1) is 17.8 Å². The maximum Gasteiger partial charge on any atom is 0.256 e. The molecule has 0 spiro atoms. The van der Waals surface area contributed by atoms with Crippen molar-refractivity contribution in [3.05, 3.63) is 59.2 Å². The summed E-state index contributed by atoms with van der Waals surface area (Å²) in [5.74, 6) is -1.40. The molecule has 2 aromatic rings. The highest BCUT2D eigenvalue weighted by Crippen LogP contribution is 2.17. The Morgan fingerprint density at radius 3 is 2.75 bits per heavy atom. The van der Waals surface area contributed by atoms with E-state index in [2.05, 4.69) is 4.98 Å². The Labute approximate surface area is 116 Å². The summed E-state index contributed by atoms with van der Waals surface area (Å²) in [7, 11) is 1.58. The summed E-state index contributed by atoms with van der Waals surface area (Å²) in [6, 6.07) is 9.01. The van der Waals surface area contributed by atoms with Gasteiger partial charge in [-0.05, 0) is 31.2 Å². The van der Waals surface area contributed by atoms with Crippen LogP contribution in [0.1, 0.15) is 21.7 Å². The summed E-state index contributed by atoms with van der Waals surface area (Å²) in [5, 5.41) is 9.15. The van der Waals surface area contributed by atoms with Crippen molar-refractivity contribution in [2.24, 2.45) is 0 Å². The zero-order valence-corrected chi connectivity index (χ0v) is 11.3. The molecule has 0 radical (unpaired) electrons. The lowest BCUT2D eigenvalue weighted by Gasteiger charge is -2.17. The average Bonchev–Trinajstić information content (AvgIpc) is 2.38. The highest BCUT2D eigenvalue weighted by atomic mass is 19.1. The number of aryl methyl sites for hydroxylation is 1. The van der Waals surface area contributed by atoms with Crippen LogP contribution >= 0.6 is 0 Å². The lowest BCUT2D eigenvalue weighted by Crippen LogP contribution is -2.27. The van der Waals surface area contributed by atoms with Crippen molar-refractivity contribution in [3.63, 3.8) is 0 Å². The van der Waals surface area contributed by atoms with Gasteiger partial charge >= 0.3 is 0 Å². The molecule has 1 heterocycles. The van der Waals surface area contributed by atoms with Crippen molar-refractivity contribution in [1.82, 2.24) is 9.88 Å². The normalized spacial score (nSPS) is 10.3. The summed E-state index contributed by atoms with van der Waals surface area (Å²) in [6.45, 7) is 2.16. The molecule has 0 bridgehead atoms. The topological polar surface area (TPSA) is 53.4 Å². The number of phenolic OH excluding ortho intramolecular Hbond substituents is 1. The van der Waals surface area contributed by atoms with E-state index in [0.29, 0.717) is 6.54 Å². The van der Waals surface area contributed by atoms with Crippen molar-refractivity contribution in [3.8, 4) is 5.75 Å². The Morgan fingerprint density at radius 1 is 1.35 bits per heavy atom. The summed E-state index contributed by atoms with van der Waals surface area (Å²) in [4.78, 5) is 17.8. The molecule has 0 fully saturated rings. The van der Waals surface area contributed by atoms with Gasteiger partial charge in [0.15, 0.2) is 0 Å². The molecule has 1 aromatic carbocycles. The van der Waals surface area contributed by atoms with Crippen LogP contribution in [0.5, 0.6) is 5.75 Å². The Balaban J connectivity index is 2.16. The number of aromatic hydroxyl groups is 1. The van der Waals surface area contributed by atoms with Crippen molar-refractivity contribution in [2.45, 2.75) is 13.5 Å². The highest BCUT2D eigenvalue weighted by Gasteiger charge is 2.17. The molecule has 0 aliphatic carbocycles. The number of nitrogens with zero attached hydrogens (tertiary/aromatic N) is 2. The molecule has 1 N–H and O–H groups in total. The van der Waals surface area contributed by atoms with Crippen LogP contribution < -0.4 is 0 Å². The zero-order chi connectivity index (χ0) is 14.7. The van der Waals surface area contributed by atoms with E-state index in [-0.39, 0.29) is 11.3 Å². The molecule has 0 saturated carbocycles. The maximum atomic E-state index is 13.6. The summed E-state index contributed by atoms with van der Waals surface area (Å²) >= 11 is 0. The first-order valence-corrected chi connectivity index (χ1v) is 6.14. The maximum absolute atomic E-state index is 13.6. The smallest absolute Gasteiger partial charge is 0.256 e. The molecule has 0 atom stereocenters. The molecule has 1 aromatic heterocycles. The van der Waals surface area contributed by atoms with Gasteiger partial charge in [0, 0.05) is 18.8 Å². The highest BCUT2D eigenvalue weighted by molar-refractivity contribution is 5.94. The predicted molar refractivity (Wildman–Crippen MR) is 72.8 cm³/mol. The Kier molecular flexibility index (Phi) is 3.98. The molecule has 0 saturated heterocycles. The minimum atomic E-state index is -0.737. The quantitative estimate of drug-likeness (QED) is 0.935. The monoisotopic (exact) mass is 274 g/mol. The molecular weight excluding hydrogens is 259 g/mol. The SMILES string of the molecule is Cc1cccc(CN(C)C(=O)c2ccc(O)cc2F)n1. The van der Waals surface area contributed by atoms with E-state index in [1.54, 1.807) is 7.05 Å². The standard InChI is InChI=1S/C15H15FN2O2/c1-10-4-3-5-11(17-10)9-18(2)15(20)13-7-6-12(19)8-14(13)16/h3-8,19H,9H2,1-2H3. The minimum Gasteiger partial charge on any atom is -0.508 e. The molecule has 0 unspecified atom stereocenters. The average molecular weight is 274 g/mol. The molecule has 0 aliphatic heterocycles. The lowest BCUT2D eigenvalue weighted by molar-refractivity contribution is 0.0778. The predicted octanol–water partition coefficient (Wildman–Crippen LogP) is 2.51. The van der Waals surface area contributed by atoms with Crippen LogP contribution in [0.3, 0.4) is 0 Å². The van der Waals surface area contributed by atoms with Crippen LogP contribution in [-0.4, -0.2) is 27.9 Å². The second-order valence-corrected chi connectivity index (χ2v) is 4.60. The first kappa shape index (κ1) is 14.0. The van der Waals surface area contributed by atoms with E-state index in [0.717, 1.165) is 17.5 Å². The van der Waals surface area contributed by atoms with Crippen LogP contribution in [0.15, 0.2) is 36.4 Å². The fraction of sp³-hybridized carbons (Fsp3) is 0.200. The number of carbonyl (C=O) groups is 1. The zero-order valence-electron chi connectivity index (χ0n) is 11.3. The minimum absolute atomic E-state index is 0.0713. The van der Waals surface area contributed by atoms with Gasteiger partial charge in [-0.1, -0.05) is 6.07 Å². The summed E-state index contributed by atoms with van der Waals surface area (Å²) in [6.07, 6.45) is 0. The third kappa shape index (κ3) is 3.12. The lowest BCUT2D eigenvalue weighted by atomic mass is 10.1. The van der Waals surface area contributed by atoms with Crippen LogP contribution in [0.25, 0.3) is 0 Å². The Hall–Kier alpha value is -2.43. The van der Waals surface area contributed by atoms with Gasteiger partial charge in [0.25, 0.3) is 5.91 Å². The molecular formula is C15H15FN2O2. The van der Waals surface area contributed by atoms with Gasteiger partial charge in [0.1, 0.15) is 11.6 Å². The number of carbonyl (C=O) groups excluding carboxylic acids is 1.